The SMILES string of the molecule is CCCCC/C=C/CCCCCCC[N+](CC(C)C(=O)[O-])(CC(C)C(=O)O)CC(C)C(=O)O. The third-order valence-corrected chi connectivity index (χ3v) is 6.37. The zero-order chi connectivity index (χ0) is 25.3. The number of quaternary nitrogens is 1. The molecule has 0 aromatic carbocycles. The van der Waals surface area contributed by atoms with Crippen molar-refractivity contribution in [2.45, 2.75) is 91.9 Å². The number of allylic oxidation sites excluding steroid dienone is 2. The summed E-state index contributed by atoms with van der Waals surface area (Å²) in [6.45, 7) is 8.14. The Hall–Kier alpha value is -1.89. The Balaban J connectivity index is 4.87. The predicted molar refractivity (Wildman–Crippen MR) is 128 cm³/mol. The number of nitrogens with zero attached hydrogens (tertiary/aromatic N) is 1. The van der Waals surface area contributed by atoms with Crippen molar-refractivity contribution in [1.82, 2.24) is 0 Å². The van der Waals surface area contributed by atoms with Gasteiger partial charge in [-0.25, -0.2) is 0 Å². The Morgan fingerprint density at radius 3 is 1.61 bits per heavy atom. The van der Waals surface area contributed by atoms with Gasteiger partial charge in [-0.2, -0.15) is 0 Å². The van der Waals surface area contributed by atoms with Crippen LogP contribution in [0.5, 0.6) is 0 Å². The van der Waals surface area contributed by atoms with Crippen LogP contribution in [-0.4, -0.2) is 58.8 Å². The summed E-state index contributed by atoms with van der Waals surface area (Å²) in [6.07, 6.45) is 15.6. The van der Waals surface area contributed by atoms with Gasteiger partial charge in [0, 0.05) is 11.9 Å². The van der Waals surface area contributed by atoms with Gasteiger partial charge in [0.15, 0.2) is 0 Å². The molecule has 0 heterocycles. The van der Waals surface area contributed by atoms with E-state index in [9.17, 15) is 29.7 Å². The monoisotopic (exact) mass is 469 g/mol. The molecular formula is C26H47NO6. The second kappa shape index (κ2) is 17.6. The lowest BCUT2D eigenvalue weighted by molar-refractivity contribution is -0.934. The molecule has 0 radical (unpaired) electrons. The first-order valence-electron chi connectivity index (χ1n) is 12.7. The molecule has 0 fully saturated rings. The van der Waals surface area contributed by atoms with Crippen LogP contribution < -0.4 is 5.11 Å². The van der Waals surface area contributed by atoms with Crippen molar-refractivity contribution >= 4 is 17.9 Å². The standard InChI is InChI=1S/C26H47NO6/c1-5-6-7-8-9-10-11-12-13-14-15-16-17-27(18-21(2)24(28)29,19-22(3)25(30)31)20-23(4)26(32)33/h9-10,21-23H,5-8,11-20H2,1-4H3,(H2-,28,29,30,31,32,33)/b10-9+. The van der Waals surface area contributed by atoms with Crippen LogP contribution in [0.25, 0.3) is 0 Å². The predicted octanol–water partition coefficient (Wildman–Crippen LogP) is 4.11. The minimum Gasteiger partial charge on any atom is -0.550 e. The Kier molecular flexibility index (Phi) is 16.6. The van der Waals surface area contributed by atoms with Gasteiger partial charge in [-0.15, -0.1) is 0 Å². The van der Waals surface area contributed by atoms with Gasteiger partial charge in [0.2, 0.25) is 0 Å². The Bertz CT molecular complexity index is 549. The largest absolute Gasteiger partial charge is 0.550 e. The van der Waals surface area contributed by atoms with Crippen molar-refractivity contribution in [3.8, 4) is 0 Å². The maximum absolute atomic E-state index is 11.5. The number of hydrogen-bond donors (Lipinski definition) is 2. The number of rotatable bonds is 21. The van der Waals surface area contributed by atoms with Gasteiger partial charge in [0.05, 0.1) is 26.2 Å². The highest BCUT2D eigenvalue weighted by atomic mass is 16.4. The molecule has 7 heteroatoms. The van der Waals surface area contributed by atoms with Crippen molar-refractivity contribution < 1.29 is 34.2 Å². The van der Waals surface area contributed by atoms with Crippen molar-refractivity contribution in [1.29, 1.82) is 0 Å². The third-order valence-electron chi connectivity index (χ3n) is 6.37. The number of carbonyl (C=O) groups is 3. The van der Waals surface area contributed by atoms with Crippen LogP contribution in [0.1, 0.15) is 91.9 Å². The minimum absolute atomic E-state index is 0.177. The van der Waals surface area contributed by atoms with E-state index in [-0.39, 0.29) is 24.1 Å². The molecule has 3 unspecified atom stereocenters. The van der Waals surface area contributed by atoms with Gasteiger partial charge in [-0.3, -0.25) is 9.59 Å². The van der Waals surface area contributed by atoms with Crippen molar-refractivity contribution in [2.75, 3.05) is 26.2 Å². The van der Waals surface area contributed by atoms with Gasteiger partial charge < -0.3 is 24.6 Å². The second-order valence-electron chi connectivity index (χ2n) is 9.84. The second-order valence-corrected chi connectivity index (χ2v) is 9.84. The van der Waals surface area contributed by atoms with Crippen LogP contribution in [0, 0.1) is 17.8 Å². The highest BCUT2D eigenvalue weighted by Gasteiger charge is 2.36. The zero-order valence-electron chi connectivity index (χ0n) is 21.3. The topological polar surface area (TPSA) is 115 Å². The van der Waals surface area contributed by atoms with E-state index >= 15 is 0 Å². The normalized spacial score (nSPS) is 16.2. The summed E-state index contributed by atoms with van der Waals surface area (Å²) >= 11 is 0. The number of unbranched alkanes of at least 4 members (excludes halogenated alkanes) is 8. The number of carbonyl (C=O) groups excluding carboxylic acids is 1. The molecule has 0 saturated heterocycles. The van der Waals surface area contributed by atoms with Gasteiger partial charge in [0.25, 0.3) is 0 Å². The molecule has 0 aliphatic rings. The summed E-state index contributed by atoms with van der Waals surface area (Å²) in [5, 5.41) is 30.3. The Morgan fingerprint density at radius 1 is 0.727 bits per heavy atom. The highest BCUT2D eigenvalue weighted by Crippen LogP contribution is 2.22. The lowest BCUT2D eigenvalue weighted by atomic mass is 10.0. The van der Waals surface area contributed by atoms with Crippen LogP contribution >= 0.6 is 0 Å². The number of carboxylic acid groups (broad SMARTS) is 3. The molecule has 0 spiro atoms. The fourth-order valence-corrected chi connectivity index (χ4v) is 4.46. The summed E-state index contributed by atoms with van der Waals surface area (Å²) in [6, 6.07) is 0. The maximum Gasteiger partial charge on any atom is 0.311 e. The third kappa shape index (κ3) is 14.8. The molecule has 7 nitrogen and oxygen atoms in total. The van der Waals surface area contributed by atoms with E-state index in [1.807, 2.05) is 0 Å². The Labute approximate surface area is 200 Å². The molecule has 2 N–H and O–H groups in total. The van der Waals surface area contributed by atoms with Crippen LogP contribution in [-0.2, 0) is 14.4 Å². The quantitative estimate of drug-likeness (QED) is 0.149. The fraction of sp³-hybridized carbons (Fsp3) is 0.808. The summed E-state index contributed by atoms with van der Waals surface area (Å²) in [5.41, 5.74) is 0. The van der Waals surface area contributed by atoms with Gasteiger partial charge in [-0.1, -0.05) is 51.7 Å². The molecule has 0 aliphatic carbocycles. The van der Waals surface area contributed by atoms with E-state index in [2.05, 4.69) is 19.1 Å². The molecule has 0 rings (SSSR count). The summed E-state index contributed by atoms with van der Waals surface area (Å²) in [7, 11) is 0. The molecule has 0 amide bonds. The van der Waals surface area contributed by atoms with E-state index in [4.69, 9.17) is 0 Å². The molecule has 0 saturated carbocycles. The van der Waals surface area contributed by atoms with Crippen molar-refractivity contribution in [3.05, 3.63) is 12.2 Å². The number of hydrogen-bond acceptors (Lipinski definition) is 4. The van der Waals surface area contributed by atoms with Gasteiger partial charge in [0.1, 0.15) is 11.8 Å². The molecule has 3 atom stereocenters. The highest BCUT2D eigenvalue weighted by molar-refractivity contribution is 5.70. The molecule has 0 aromatic heterocycles. The van der Waals surface area contributed by atoms with E-state index in [1.165, 1.54) is 19.3 Å². The molecule has 0 bridgehead atoms. The van der Waals surface area contributed by atoms with Gasteiger partial charge in [-0.05, 0) is 52.4 Å². The zero-order valence-corrected chi connectivity index (χ0v) is 21.3. The van der Waals surface area contributed by atoms with Crippen LogP contribution in [0.2, 0.25) is 0 Å². The molecular weight excluding hydrogens is 422 g/mol. The fourth-order valence-electron chi connectivity index (χ4n) is 4.46. The molecule has 0 aliphatic heterocycles. The average Bonchev–Trinajstić information content (AvgIpc) is 2.74. The number of carboxylic acids is 3. The number of aliphatic carboxylic acids is 3. The lowest BCUT2D eigenvalue weighted by Gasteiger charge is -2.43. The lowest BCUT2D eigenvalue weighted by Crippen LogP contribution is -2.58. The van der Waals surface area contributed by atoms with Crippen LogP contribution in [0.15, 0.2) is 12.2 Å². The van der Waals surface area contributed by atoms with E-state index in [0.29, 0.717) is 6.54 Å². The smallest absolute Gasteiger partial charge is 0.311 e. The first kappa shape index (κ1) is 31.1. The van der Waals surface area contributed by atoms with E-state index in [1.54, 1.807) is 20.8 Å². The first-order valence-corrected chi connectivity index (χ1v) is 12.7. The summed E-state index contributed by atoms with van der Waals surface area (Å²) < 4.78 is 0.177. The van der Waals surface area contributed by atoms with Crippen molar-refractivity contribution in [3.63, 3.8) is 0 Å². The van der Waals surface area contributed by atoms with Crippen LogP contribution in [0.3, 0.4) is 0 Å². The molecule has 33 heavy (non-hydrogen) atoms. The van der Waals surface area contributed by atoms with Crippen LogP contribution in [0.4, 0.5) is 0 Å². The van der Waals surface area contributed by atoms with E-state index in [0.717, 1.165) is 44.9 Å². The minimum atomic E-state index is -1.19. The summed E-state index contributed by atoms with van der Waals surface area (Å²) in [4.78, 5) is 34.5. The Morgan fingerprint density at radius 2 is 1.15 bits per heavy atom. The molecule has 192 valence electrons. The van der Waals surface area contributed by atoms with E-state index < -0.39 is 35.7 Å². The van der Waals surface area contributed by atoms with Crippen molar-refractivity contribution in [2.24, 2.45) is 17.8 Å². The average molecular weight is 470 g/mol. The first-order chi connectivity index (χ1) is 15.5. The summed E-state index contributed by atoms with van der Waals surface area (Å²) in [5.74, 6) is -5.26. The molecule has 0 aromatic rings. The maximum atomic E-state index is 11.5. The van der Waals surface area contributed by atoms with Gasteiger partial charge >= 0.3 is 11.9 Å².